The first-order chi connectivity index (χ1) is 13.2. The van der Waals surface area contributed by atoms with Gasteiger partial charge in [-0.3, -0.25) is 0 Å². The third-order valence-electron chi connectivity index (χ3n) is 4.25. The van der Waals surface area contributed by atoms with Crippen molar-refractivity contribution in [3.05, 3.63) is 46.5 Å². The van der Waals surface area contributed by atoms with Crippen molar-refractivity contribution in [1.29, 1.82) is 0 Å². The van der Waals surface area contributed by atoms with Crippen LogP contribution in [0.3, 0.4) is 0 Å². The average Bonchev–Trinajstić information content (AvgIpc) is 2.59. The number of benzene rings is 2. The maximum Gasteiger partial charge on any atom is 0.156 e. The number of nitrogens with zero attached hydrogens (tertiary/aromatic N) is 2. The molecule has 2 aromatic carbocycles. The number of anilines is 1. The molecule has 0 amide bonds. The normalized spacial score (nSPS) is 11.2. The summed E-state index contributed by atoms with van der Waals surface area (Å²) in [6.45, 7) is 7.39. The molecule has 0 saturated carbocycles. The number of phenolic OH excluding ortho intramolecular Hbond substituents is 1. The number of phenols is 1. The fourth-order valence-electron chi connectivity index (χ4n) is 3.03. The van der Waals surface area contributed by atoms with Crippen molar-refractivity contribution >= 4 is 28.2 Å². The Morgan fingerprint density at radius 3 is 2.54 bits per heavy atom. The van der Waals surface area contributed by atoms with E-state index in [0.29, 0.717) is 28.6 Å². The van der Waals surface area contributed by atoms with E-state index < -0.39 is 5.60 Å². The second kappa shape index (κ2) is 7.67. The minimum Gasteiger partial charge on any atom is -0.507 e. The van der Waals surface area contributed by atoms with Gasteiger partial charge in [-0.2, -0.15) is 0 Å². The van der Waals surface area contributed by atoms with Gasteiger partial charge >= 0.3 is 0 Å². The number of fused-ring (bicyclic) bond motifs is 1. The van der Waals surface area contributed by atoms with E-state index in [1.807, 2.05) is 25.1 Å². The summed E-state index contributed by atoms with van der Waals surface area (Å²) >= 11 is 6.05. The van der Waals surface area contributed by atoms with Gasteiger partial charge in [0.2, 0.25) is 0 Å². The van der Waals surface area contributed by atoms with Crippen LogP contribution in [0.2, 0.25) is 5.02 Å². The monoisotopic (exact) mass is 395 g/mol. The number of hydrogen-bond acceptors (Lipinski definition) is 5. The lowest BCUT2D eigenvalue weighted by Crippen LogP contribution is -2.29. The lowest BCUT2D eigenvalue weighted by Gasteiger charge is -2.19. The molecule has 1 aromatic heterocycles. The van der Waals surface area contributed by atoms with E-state index in [9.17, 15) is 10.2 Å². The zero-order valence-electron chi connectivity index (χ0n) is 16.3. The van der Waals surface area contributed by atoms with Gasteiger partial charge in [0.25, 0.3) is 0 Å². The molecule has 0 aliphatic carbocycles. The van der Waals surface area contributed by atoms with Crippen molar-refractivity contribution in [3.63, 3.8) is 0 Å². The van der Waals surface area contributed by atoms with E-state index in [2.05, 4.69) is 27.4 Å². The van der Waals surface area contributed by atoms with Crippen LogP contribution in [0.5, 0.6) is 5.75 Å². The topological polar surface area (TPSA) is 78.3 Å². The Kier molecular flexibility index (Phi) is 5.46. The third kappa shape index (κ3) is 4.19. The van der Waals surface area contributed by atoms with Crippen LogP contribution in [0.15, 0.2) is 30.3 Å². The number of aryl methyl sites for hydroxylation is 1. The van der Waals surface area contributed by atoms with Gasteiger partial charge in [-0.05, 0) is 57.5 Å². The number of rotatable bonds is 4. The first-order valence-corrected chi connectivity index (χ1v) is 9.26. The number of halogens is 1. The molecule has 144 valence electrons. The number of aliphatic hydroxyl groups is 1. The predicted molar refractivity (Wildman–Crippen MR) is 114 cm³/mol. The summed E-state index contributed by atoms with van der Waals surface area (Å²) in [4.78, 5) is 0. The van der Waals surface area contributed by atoms with Gasteiger partial charge in [0, 0.05) is 33.5 Å². The summed E-state index contributed by atoms with van der Waals surface area (Å²) < 4.78 is 0. The zero-order valence-corrected chi connectivity index (χ0v) is 17.0. The molecule has 0 saturated heterocycles. The molecule has 0 aliphatic heterocycles. The molecule has 0 bridgehead atoms. The predicted octanol–water partition coefficient (Wildman–Crippen LogP) is 4.52. The van der Waals surface area contributed by atoms with E-state index in [1.165, 1.54) is 6.07 Å². The zero-order chi connectivity index (χ0) is 20.5. The van der Waals surface area contributed by atoms with Gasteiger partial charge in [0.15, 0.2) is 5.82 Å². The highest BCUT2D eigenvalue weighted by Crippen LogP contribution is 2.38. The molecule has 3 aromatic rings. The maximum absolute atomic E-state index is 10.5. The second-order valence-electron chi connectivity index (χ2n) is 7.32. The Hall–Kier alpha value is -2.81. The SMILES string of the molecule is CC#Cc1ccc2c(-c3c(C)cc(Cl)cc3O)nnc(NCC(C)(C)O)c2c1. The molecular formula is C22H22ClN3O2. The Labute approximate surface area is 169 Å². The molecule has 3 N–H and O–H groups in total. The molecule has 1 heterocycles. The highest BCUT2D eigenvalue weighted by atomic mass is 35.5. The summed E-state index contributed by atoms with van der Waals surface area (Å²) in [5.74, 6) is 6.54. The molecule has 0 radical (unpaired) electrons. The van der Waals surface area contributed by atoms with Crippen molar-refractivity contribution in [2.45, 2.75) is 33.3 Å². The fourth-order valence-corrected chi connectivity index (χ4v) is 3.29. The summed E-state index contributed by atoms with van der Waals surface area (Å²) in [6, 6.07) is 9.03. The fraction of sp³-hybridized carbons (Fsp3) is 0.273. The van der Waals surface area contributed by atoms with Crippen LogP contribution in [0, 0.1) is 18.8 Å². The van der Waals surface area contributed by atoms with E-state index >= 15 is 0 Å². The minimum atomic E-state index is -0.904. The Bertz CT molecular complexity index is 1090. The van der Waals surface area contributed by atoms with E-state index in [-0.39, 0.29) is 5.75 Å². The van der Waals surface area contributed by atoms with Crippen molar-refractivity contribution in [2.75, 3.05) is 11.9 Å². The van der Waals surface area contributed by atoms with Crippen LogP contribution in [-0.2, 0) is 0 Å². The van der Waals surface area contributed by atoms with Crippen LogP contribution in [0.25, 0.3) is 22.0 Å². The summed E-state index contributed by atoms with van der Waals surface area (Å²) in [6.07, 6.45) is 0. The van der Waals surface area contributed by atoms with Gasteiger partial charge in [0.1, 0.15) is 11.4 Å². The number of nitrogens with one attached hydrogen (secondary N) is 1. The van der Waals surface area contributed by atoms with Crippen LogP contribution in [-0.4, -0.2) is 32.6 Å². The van der Waals surface area contributed by atoms with Gasteiger partial charge in [0.05, 0.1) is 5.60 Å². The second-order valence-corrected chi connectivity index (χ2v) is 7.75. The van der Waals surface area contributed by atoms with Crippen molar-refractivity contribution in [1.82, 2.24) is 10.2 Å². The summed E-state index contributed by atoms with van der Waals surface area (Å²) in [7, 11) is 0. The van der Waals surface area contributed by atoms with Crippen molar-refractivity contribution in [2.24, 2.45) is 0 Å². The molecule has 0 fully saturated rings. The lowest BCUT2D eigenvalue weighted by molar-refractivity contribution is 0.0944. The van der Waals surface area contributed by atoms with Crippen LogP contribution in [0.1, 0.15) is 31.9 Å². The highest BCUT2D eigenvalue weighted by Gasteiger charge is 2.19. The summed E-state index contributed by atoms with van der Waals surface area (Å²) in [5.41, 5.74) is 1.89. The Morgan fingerprint density at radius 2 is 1.89 bits per heavy atom. The quantitative estimate of drug-likeness (QED) is 0.566. The van der Waals surface area contributed by atoms with Gasteiger partial charge < -0.3 is 15.5 Å². The van der Waals surface area contributed by atoms with Crippen molar-refractivity contribution in [3.8, 4) is 28.8 Å². The first-order valence-electron chi connectivity index (χ1n) is 8.88. The average molecular weight is 396 g/mol. The number of aromatic hydroxyl groups is 1. The maximum atomic E-state index is 10.5. The first kappa shape index (κ1) is 19.9. The minimum absolute atomic E-state index is 0.0511. The molecule has 0 spiro atoms. The summed E-state index contributed by atoms with van der Waals surface area (Å²) in [5, 5.41) is 34.5. The van der Waals surface area contributed by atoms with Gasteiger partial charge in [-0.15, -0.1) is 16.1 Å². The molecule has 0 atom stereocenters. The smallest absolute Gasteiger partial charge is 0.156 e. The third-order valence-corrected chi connectivity index (χ3v) is 4.47. The van der Waals surface area contributed by atoms with Crippen LogP contribution < -0.4 is 5.32 Å². The Balaban J connectivity index is 2.25. The molecule has 6 heteroatoms. The number of aromatic nitrogens is 2. The van der Waals surface area contributed by atoms with Gasteiger partial charge in [-0.25, -0.2) is 0 Å². The largest absolute Gasteiger partial charge is 0.507 e. The highest BCUT2D eigenvalue weighted by molar-refractivity contribution is 6.31. The molecular weight excluding hydrogens is 374 g/mol. The molecule has 3 rings (SSSR count). The standard InChI is InChI=1S/C22H22ClN3O2/c1-5-6-14-7-8-16-17(10-14)21(24-12-22(3,4)28)26-25-20(16)19-13(2)9-15(23)11-18(19)27/h7-11,27-28H,12H2,1-4H3,(H,24,26). The molecule has 0 aliphatic rings. The van der Waals surface area contributed by atoms with E-state index in [0.717, 1.165) is 21.9 Å². The Morgan fingerprint density at radius 1 is 1.14 bits per heavy atom. The lowest BCUT2D eigenvalue weighted by atomic mass is 9.98. The molecule has 0 unspecified atom stereocenters. The molecule has 5 nitrogen and oxygen atoms in total. The van der Waals surface area contributed by atoms with Crippen molar-refractivity contribution < 1.29 is 10.2 Å². The van der Waals surface area contributed by atoms with Crippen LogP contribution >= 0.6 is 11.6 Å². The van der Waals surface area contributed by atoms with Crippen LogP contribution in [0.4, 0.5) is 5.82 Å². The van der Waals surface area contributed by atoms with E-state index in [1.54, 1.807) is 26.8 Å². The molecule has 28 heavy (non-hydrogen) atoms. The van der Waals surface area contributed by atoms with E-state index in [4.69, 9.17) is 11.6 Å². The van der Waals surface area contributed by atoms with Gasteiger partial charge in [-0.1, -0.05) is 23.6 Å². The number of hydrogen-bond donors (Lipinski definition) is 3.